The fraction of sp³-hybridized carbons (Fsp3) is 0.650. The first-order valence-corrected chi connectivity index (χ1v) is 9.78. The number of nitrogens with zero attached hydrogens (tertiary/aromatic N) is 2. The number of benzene rings is 1. The summed E-state index contributed by atoms with van der Waals surface area (Å²) in [6.07, 6.45) is -0.587. The maximum absolute atomic E-state index is 12.7. The molecule has 0 radical (unpaired) electrons. The van der Waals surface area contributed by atoms with E-state index in [0.29, 0.717) is 43.8 Å². The third-order valence-electron chi connectivity index (χ3n) is 4.55. The van der Waals surface area contributed by atoms with E-state index in [1.807, 2.05) is 26.0 Å². The van der Waals surface area contributed by atoms with E-state index in [9.17, 15) is 9.90 Å². The Hall–Kier alpha value is -1.83. The molecule has 0 spiro atoms. The zero-order chi connectivity index (χ0) is 19.8. The number of likely N-dealkylation sites (N-methyl/N-ethyl adjacent to an activating group) is 1. The van der Waals surface area contributed by atoms with Gasteiger partial charge in [0.05, 0.1) is 18.8 Å². The molecule has 2 rings (SSSR count). The highest BCUT2D eigenvalue weighted by molar-refractivity contribution is 5.96. The van der Waals surface area contributed by atoms with Crippen LogP contribution in [0.2, 0.25) is 0 Å². The summed E-state index contributed by atoms with van der Waals surface area (Å²) in [5.74, 6) is 1.34. The summed E-state index contributed by atoms with van der Waals surface area (Å²) in [5, 5.41) is 13.1. The van der Waals surface area contributed by atoms with E-state index in [1.165, 1.54) is 0 Å². The SMILES string of the molecule is CCN(CC)CC(=O)N1CCOc2cc(OCC(O)CNC(C)C)ccc21. The van der Waals surface area contributed by atoms with Gasteiger partial charge in [-0.25, -0.2) is 0 Å². The number of carbonyl (C=O) groups excluding carboxylic acids is 1. The fourth-order valence-corrected chi connectivity index (χ4v) is 2.90. The van der Waals surface area contributed by atoms with Crippen molar-refractivity contribution >= 4 is 11.6 Å². The second-order valence-electron chi connectivity index (χ2n) is 7.01. The molecule has 1 aliphatic rings. The molecule has 0 fully saturated rings. The molecule has 7 nitrogen and oxygen atoms in total. The van der Waals surface area contributed by atoms with E-state index in [-0.39, 0.29) is 12.5 Å². The van der Waals surface area contributed by atoms with Crippen molar-refractivity contribution in [3.63, 3.8) is 0 Å². The van der Waals surface area contributed by atoms with Gasteiger partial charge >= 0.3 is 0 Å². The average Bonchev–Trinajstić information content (AvgIpc) is 2.67. The van der Waals surface area contributed by atoms with Crippen molar-refractivity contribution in [2.24, 2.45) is 0 Å². The van der Waals surface area contributed by atoms with E-state index >= 15 is 0 Å². The number of amides is 1. The Labute approximate surface area is 162 Å². The summed E-state index contributed by atoms with van der Waals surface area (Å²) in [6.45, 7) is 11.9. The maximum atomic E-state index is 12.7. The normalized spacial score (nSPS) is 14.9. The van der Waals surface area contributed by atoms with Crippen LogP contribution in [0.25, 0.3) is 0 Å². The molecule has 1 atom stereocenters. The molecule has 0 saturated carbocycles. The third-order valence-corrected chi connectivity index (χ3v) is 4.55. The maximum Gasteiger partial charge on any atom is 0.241 e. The van der Waals surface area contributed by atoms with Gasteiger partial charge in [0.15, 0.2) is 0 Å². The van der Waals surface area contributed by atoms with Crippen molar-refractivity contribution in [3.05, 3.63) is 18.2 Å². The Morgan fingerprint density at radius 2 is 2.11 bits per heavy atom. The minimum atomic E-state index is -0.587. The van der Waals surface area contributed by atoms with Gasteiger partial charge in [-0.15, -0.1) is 0 Å². The lowest BCUT2D eigenvalue weighted by Crippen LogP contribution is -2.44. The molecule has 152 valence electrons. The number of nitrogens with one attached hydrogen (secondary N) is 1. The molecule has 0 aliphatic carbocycles. The number of carbonyl (C=O) groups is 1. The first kappa shape index (κ1) is 21.5. The highest BCUT2D eigenvalue weighted by atomic mass is 16.5. The lowest BCUT2D eigenvalue weighted by Gasteiger charge is -2.31. The molecule has 1 aromatic rings. The Morgan fingerprint density at radius 3 is 2.78 bits per heavy atom. The van der Waals surface area contributed by atoms with Gasteiger partial charge in [-0.1, -0.05) is 27.7 Å². The van der Waals surface area contributed by atoms with Crippen LogP contribution in [0.15, 0.2) is 18.2 Å². The minimum absolute atomic E-state index is 0.0760. The highest BCUT2D eigenvalue weighted by Gasteiger charge is 2.25. The number of anilines is 1. The third kappa shape index (κ3) is 6.37. The molecular weight excluding hydrogens is 346 g/mol. The van der Waals surface area contributed by atoms with Crippen molar-refractivity contribution in [3.8, 4) is 11.5 Å². The molecule has 0 aromatic heterocycles. The number of aliphatic hydroxyl groups is 1. The Bertz CT molecular complexity index is 605. The Kier molecular flexibility index (Phi) is 8.34. The molecule has 1 heterocycles. The zero-order valence-corrected chi connectivity index (χ0v) is 16.9. The number of hydrogen-bond donors (Lipinski definition) is 2. The van der Waals surface area contributed by atoms with Gasteiger partial charge in [0, 0.05) is 18.7 Å². The number of aliphatic hydroxyl groups excluding tert-OH is 1. The molecule has 0 bridgehead atoms. The lowest BCUT2D eigenvalue weighted by atomic mass is 10.2. The van der Waals surface area contributed by atoms with Crippen LogP contribution in [0.1, 0.15) is 27.7 Å². The first-order valence-electron chi connectivity index (χ1n) is 9.78. The lowest BCUT2D eigenvalue weighted by molar-refractivity contribution is -0.119. The van der Waals surface area contributed by atoms with Crippen LogP contribution in [0.5, 0.6) is 11.5 Å². The molecule has 1 aliphatic heterocycles. The Morgan fingerprint density at radius 1 is 1.37 bits per heavy atom. The second kappa shape index (κ2) is 10.5. The van der Waals surface area contributed by atoms with Crippen LogP contribution in [-0.2, 0) is 4.79 Å². The van der Waals surface area contributed by atoms with E-state index in [0.717, 1.165) is 18.8 Å². The van der Waals surface area contributed by atoms with Gasteiger partial charge in [-0.3, -0.25) is 9.69 Å². The predicted molar refractivity (Wildman–Crippen MR) is 107 cm³/mol. The molecule has 7 heteroatoms. The quantitative estimate of drug-likeness (QED) is 0.642. The van der Waals surface area contributed by atoms with Gasteiger partial charge in [-0.05, 0) is 25.2 Å². The molecule has 1 unspecified atom stereocenters. The van der Waals surface area contributed by atoms with Crippen LogP contribution in [0, 0.1) is 0 Å². The van der Waals surface area contributed by atoms with E-state index in [2.05, 4.69) is 24.1 Å². The van der Waals surface area contributed by atoms with Crippen molar-refractivity contribution in [1.82, 2.24) is 10.2 Å². The highest BCUT2D eigenvalue weighted by Crippen LogP contribution is 2.35. The van der Waals surface area contributed by atoms with Gasteiger partial charge in [0.1, 0.15) is 30.8 Å². The monoisotopic (exact) mass is 379 g/mol. The predicted octanol–water partition coefficient (Wildman–Crippen LogP) is 1.49. The Balaban J connectivity index is 1.98. The summed E-state index contributed by atoms with van der Waals surface area (Å²) in [5.41, 5.74) is 0.771. The first-order chi connectivity index (χ1) is 12.9. The number of hydrogen-bond acceptors (Lipinski definition) is 6. The van der Waals surface area contributed by atoms with E-state index in [4.69, 9.17) is 9.47 Å². The zero-order valence-electron chi connectivity index (χ0n) is 16.9. The summed E-state index contributed by atoms with van der Waals surface area (Å²) < 4.78 is 11.4. The number of rotatable bonds is 10. The van der Waals surface area contributed by atoms with Crippen molar-refractivity contribution in [1.29, 1.82) is 0 Å². The molecule has 1 amide bonds. The molecule has 0 saturated heterocycles. The van der Waals surface area contributed by atoms with Crippen LogP contribution >= 0.6 is 0 Å². The van der Waals surface area contributed by atoms with Gasteiger partial charge in [-0.2, -0.15) is 0 Å². The largest absolute Gasteiger partial charge is 0.491 e. The smallest absolute Gasteiger partial charge is 0.241 e. The molecule has 2 N–H and O–H groups in total. The molecule has 27 heavy (non-hydrogen) atoms. The summed E-state index contributed by atoms with van der Waals surface area (Å²) in [7, 11) is 0. The van der Waals surface area contributed by atoms with Crippen LogP contribution in [-0.4, -0.2) is 74.0 Å². The van der Waals surface area contributed by atoms with Crippen molar-refractivity contribution in [2.75, 3.05) is 50.8 Å². The summed E-state index contributed by atoms with van der Waals surface area (Å²) >= 11 is 0. The van der Waals surface area contributed by atoms with E-state index < -0.39 is 6.10 Å². The summed E-state index contributed by atoms with van der Waals surface area (Å²) in [4.78, 5) is 16.6. The van der Waals surface area contributed by atoms with Gasteiger partial charge in [0.2, 0.25) is 5.91 Å². The van der Waals surface area contributed by atoms with Gasteiger partial charge < -0.3 is 24.8 Å². The standard InChI is InChI=1S/C20H33N3O4/c1-5-22(6-2)13-20(25)23-9-10-26-19-11-17(7-8-18(19)23)27-14-16(24)12-21-15(3)4/h7-8,11,15-16,21,24H,5-6,9-10,12-14H2,1-4H3. The van der Waals surface area contributed by atoms with Crippen LogP contribution in [0.3, 0.4) is 0 Å². The summed E-state index contributed by atoms with van der Waals surface area (Å²) in [6, 6.07) is 5.77. The number of ether oxygens (including phenoxy) is 2. The van der Waals surface area contributed by atoms with E-state index in [1.54, 1.807) is 11.0 Å². The average molecular weight is 380 g/mol. The molecular formula is C20H33N3O4. The second-order valence-corrected chi connectivity index (χ2v) is 7.01. The van der Waals surface area contributed by atoms with Crippen LogP contribution in [0.4, 0.5) is 5.69 Å². The topological polar surface area (TPSA) is 74.3 Å². The van der Waals surface area contributed by atoms with Crippen molar-refractivity contribution in [2.45, 2.75) is 39.8 Å². The van der Waals surface area contributed by atoms with Gasteiger partial charge in [0.25, 0.3) is 0 Å². The number of fused-ring (bicyclic) bond motifs is 1. The fourth-order valence-electron chi connectivity index (χ4n) is 2.90. The molecule has 1 aromatic carbocycles. The minimum Gasteiger partial charge on any atom is -0.491 e. The van der Waals surface area contributed by atoms with Crippen molar-refractivity contribution < 1.29 is 19.4 Å². The van der Waals surface area contributed by atoms with Crippen LogP contribution < -0.4 is 19.7 Å².